The smallest absolute Gasteiger partial charge is 0.148 e. The van der Waals surface area contributed by atoms with E-state index < -0.39 is 0 Å². The average Bonchev–Trinajstić information content (AvgIpc) is 2.11. The van der Waals surface area contributed by atoms with Crippen LogP contribution in [0.2, 0.25) is 0 Å². The molecule has 0 unspecified atom stereocenters. The molecular weight excluding hydrogens is 179 g/mol. The second-order valence-electron chi connectivity index (χ2n) is 3.65. The average molecular weight is 194 g/mol. The minimum Gasteiger partial charge on any atom is -0.387 e. The Labute approximate surface area is 83.7 Å². The molecule has 14 heavy (non-hydrogen) atoms. The van der Waals surface area contributed by atoms with E-state index in [1.165, 1.54) is 6.07 Å². The minimum atomic E-state index is -0.334. The normalized spacial score (nSPS) is 12.2. The molecule has 0 bridgehead atoms. The standard InChI is InChI=1S/C11H15FN2/c1-7(2)11(13)14-10-6-8(3)4-5-9(10)12/h4-7H,1-3H3,(H2,13,14). The molecule has 0 saturated carbocycles. The van der Waals surface area contributed by atoms with Crippen molar-refractivity contribution in [1.29, 1.82) is 0 Å². The first kappa shape index (κ1) is 10.7. The highest BCUT2D eigenvalue weighted by molar-refractivity contribution is 5.84. The van der Waals surface area contributed by atoms with E-state index >= 15 is 0 Å². The van der Waals surface area contributed by atoms with Crippen LogP contribution >= 0.6 is 0 Å². The second kappa shape index (κ2) is 4.22. The van der Waals surface area contributed by atoms with Gasteiger partial charge in [-0.1, -0.05) is 19.9 Å². The van der Waals surface area contributed by atoms with Crippen LogP contribution in [0.1, 0.15) is 19.4 Å². The van der Waals surface area contributed by atoms with Gasteiger partial charge in [0.2, 0.25) is 0 Å². The van der Waals surface area contributed by atoms with Crippen LogP contribution in [0.4, 0.5) is 10.1 Å². The van der Waals surface area contributed by atoms with Crippen molar-refractivity contribution in [2.75, 3.05) is 0 Å². The van der Waals surface area contributed by atoms with Crippen molar-refractivity contribution >= 4 is 11.5 Å². The molecule has 0 saturated heterocycles. The maximum absolute atomic E-state index is 13.2. The molecule has 3 heteroatoms. The molecule has 0 aliphatic carbocycles. The van der Waals surface area contributed by atoms with E-state index in [2.05, 4.69) is 4.99 Å². The Balaban J connectivity index is 3.07. The highest BCUT2D eigenvalue weighted by Gasteiger charge is 2.03. The molecule has 0 fully saturated rings. The first-order chi connectivity index (χ1) is 6.50. The molecular formula is C11H15FN2. The third kappa shape index (κ3) is 2.55. The fourth-order valence-electron chi connectivity index (χ4n) is 0.977. The van der Waals surface area contributed by atoms with Gasteiger partial charge in [0.1, 0.15) is 17.3 Å². The zero-order chi connectivity index (χ0) is 10.7. The molecule has 2 N–H and O–H groups in total. The number of nitrogens with zero attached hydrogens (tertiary/aromatic N) is 1. The number of aryl methyl sites for hydroxylation is 1. The molecule has 76 valence electrons. The summed E-state index contributed by atoms with van der Waals surface area (Å²) in [6, 6.07) is 4.80. The number of hydrogen-bond donors (Lipinski definition) is 1. The summed E-state index contributed by atoms with van der Waals surface area (Å²) >= 11 is 0. The molecule has 1 rings (SSSR count). The Morgan fingerprint density at radius 3 is 2.64 bits per heavy atom. The third-order valence-electron chi connectivity index (χ3n) is 1.94. The number of amidine groups is 1. The number of aliphatic imine (C=N–C) groups is 1. The molecule has 2 nitrogen and oxygen atoms in total. The molecule has 0 amide bonds. The van der Waals surface area contributed by atoms with Gasteiger partial charge < -0.3 is 5.73 Å². The van der Waals surface area contributed by atoms with Crippen LogP contribution in [0.3, 0.4) is 0 Å². The van der Waals surface area contributed by atoms with E-state index in [0.717, 1.165) is 5.56 Å². The van der Waals surface area contributed by atoms with E-state index in [4.69, 9.17) is 5.73 Å². The van der Waals surface area contributed by atoms with Gasteiger partial charge in [-0.2, -0.15) is 0 Å². The van der Waals surface area contributed by atoms with E-state index in [9.17, 15) is 4.39 Å². The van der Waals surface area contributed by atoms with Gasteiger partial charge in [-0.25, -0.2) is 9.38 Å². The van der Waals surface area contributed by atoms with Gasteiger partial charge in [0, 0.05) is 5.92 Å². The highest BCUT2D eigenvalue weighted by Crippen LogP contribution is 2.19. The van der Waals surface area contributed by atoms with Crippen LogP contribution in [0.25, 0.3) is 0 Å². The van der Waals surface area contributed by atoms with E-state index in [1.54, 1.807) is 12.1 Å². The summed E-state index contributed by atoms with van der Waals surface area (Å²) in [5, 5.41) is 0. The van der Waals surface area contributed by atoms with Crippen molar-refractivity contribution in [1.82, 2.24) is 0 Å². The van der Waals surface area contributed by atoms with Gasteiger partial charge in [-0.05, 0) is 24.6 Å². The molecule has 0 aromatic heterocycles. The van der Waals surface area contributed by atoms with Crippen molar-refractivity contribution in [3.8, 4) is 0 Å². The van der Waals surface area contributed by atoms with Crippen LogP contribution in [-0.2, 0) is 0 Å². The van der Waals surface area contributed by atoms with Crippen LogP contribution in [0.5, 0.6) is 0 Å². The summed E-state index contributed by atoms with van der Waals surface area (Å²) < 4.78 is 13.2. The summed E-state index contributed by atoms with van der Waals surface area (Å²) in [7, 11) is 0. The maximum atomic E-state index is 13.2. The highest BCUT2D eigenvalue weighted by atomic mass is 19.1. The fraction of sp³-hybridized carbons (Fsp3) is 0.364. The van der Waals surface area contributed by atoms with Gasteiger partial charge in [0.25, 0.3) is 0 Å². The van der Waals surface area contributed by atoms with E-state index in [0.29, 0.717) is 11.5 Å². The lowest BCUT2D eigenvalue weighted by molar-refractivity contribution is 0.629. The van der Waals surface area contributed by atoms with Crippen molar-refractivity contribution < 1.29 is 4.39 Å². The lowest BCUT2D eigenvalue weighted by atomic mass is 10.2. The first-order valence-electron chi connectivity index (χ1n) is 4.61. The molecule has 0 heterocycles. The zero-order valence-corrected chi connectivity index (χ0v) is 8.71. The Morgan fingerprint density at radius 2 is 2.07 bits per heavy atom. The molecule has 1 aromatic carbocycles. The van der Waals surface area contributed by atoms with Gasteiger partial charge in [0.15, 0.2) is 0 Å². The zero-order valence-electron chi connectivity index (χ0n) is 8.71. The molecule has 1 aromatic rings. The summed E-state index contributed by atoms with van der Waals surface area (Å²) in [5.41, 5.74) is 6.94. The third-order valence-corrected chi connectivity index (χ3v) is 1.94. The summed E-state index contributed by atoms with van der Waals surface area (Å²) in [6.07, 6.45) is 0. The van der Waals surface area contributed by atoms with E-state index in [1.807, 2.05) is 20.8 Å². The van der Waals surface area contributed by atoms with Gasteiger partial charge >= 0.3 is 0 Å². The van der Waals surface area contributed by atoms with Gasteiger partial charge in [-0.15, -0.1) is 0 Å². The van der Waals surface area contributed by atoms with Crippen molar-refractivity contribution in [2.24, 2.45) is 16.6 Å². The Hall–Kier alpha value is -1.38. The summed E-state index contributed by atoms with van der Waals surface area (Å²) in [6.45, 7) is 5.74. The lowest BCUT2D eigenvalue weighted by Crippen LogP contribution is -2.18. The maximum Gasteiger partial charge on any atom is 0.148 e. The number of benzene rings is 1. The van der Waals surface area contributed by atoms with Crippen LogP contribution in [-0.4, -0.2) is 5.84 Å². The van der Waals surface area contributed by atoms with Crippen LogP contribution in [0, 0.1) is 18.7 Å². The van der Waals surface area contributed by atoms with Crippen LogP contribution in [0.15, 0.2) is 23.2 Å². The van der Waals surface area contributed by atoms with Gasteiger partial charge in [-0.3, -0.25) is 0 Å². The van der Waals surface area contributed by atoms with Crippen molar-refractivity contribution in [2.45, 2.75) is 20.8 Å². The number of hydrogen-bond acceptors (Lipinski definition) is 1. The summed E-state index contributed by atoms with van der Waals surface area (Å²) in [4.78, 5) is 4.04. The van der Waals surface area contributed by atoms with Crippen molar-refractivity contribution in [3.63, 3.8) is 0 Å². The quantitative estimate of drug-likeness (QED) is 0.570. The predicted octanol–water partition coefficient (Wildman–Crippen LogP) is 2.78. The topological polar surface area (TPSA) is 38.4 Å². The van der Waals surface area contributed by atoms with Gasteiger partial charge in [0.05, 0.1) is 0 Å². The monoisotopic (exact) mass is 194 g/mol. The SMILES string of the molecule is Cc1ccc(F)c(N=C(N)C(C)C)c1. The largest absolute Gasteiger partial charge is 0.387 e. The Kier molecular flexibility index (Phi) is 3.23. The molecule has 0 spiro atoms. The minimum absolute atomic E-state index is 0.134. The fourth-order valence-corrected chi connectivity index (χ4v) is 0.977. The number of nitrogens with two attached hydrogens (primary N) is 1. The Morgan fingerprint density at radius 1 is 1.43 bits per heavy atom. The Bertz CT molecular complexity index is 356. The second-order valence-corrected chi connectivity index (χ2v) is 3.65. The lowest BCUT2D eigenvalue weighted by Gasteiger charge is -2.04. The predicted molar refractivity (Wildman–Crippen MR) is 57.3 cm³/mol. The number of halogens is 1. The molecule has 0 aliphatic rings. The number of rotatable bonds is 2. The first-order valence-corrected chi connectivity index (χ1v) is 4.61. The molecule has 0 radical (unpaired) electrons. The van der Waals surface area contributed by atoms with E-state index in [-0.39, 0.29) is 11.7 Å². The molecule has 0 aliphatic heterocycles. The molecule has 0 atom stereocenters. The van der Waals surface area contributed by atoms with Crippen LogP contribution < -0.4 is 5.73 Å². The summed E-state index contributed by atoms with van der Waals surface area (Å²) in [5.74, 6) is 0.253. The van der Waals surface area contributed by atoms with Crippen molar-refractivity contribution in [3.05, 3.63) is 29.6 Å².